The summed E-state index contributed by atoms with van der Waals surface area (Å²) in [5, 5.41) is 12.5. The second kappa shape index (κ2) is 6.07. The van der Waals surface area contributed by atoms with Gasteiger partial charge in [0.2, 0.25) is 0 Å². The van der Waals surface area contributed by atoms with E-state index < -0.39 is 11.4 Å². The van der Waals surface area contributed by atoms with Gasteiger partial charge in [0.1, 0.15) is 12.4 Å². The zero-order valence-corrected chi connectivity index (χ0v) is 11.5. The summed E-state index contributed by atoms with van der Waals surface area (Å²) in [6, 6.07) is 5.46. The molecule has 0 atom stereocenters. The number of carboxylic acid groups (broad SMARTS) is 1. The Morgan fingerprint density at radius 1 is 1.50 bits per heavy atom. The first kappa shape index (κ1) is 14.8. The SMILES string of the molecule is CNCc1cccc(Cl)c1OCC(C)(C)C(=O)O. The van der Waals surface area contributed by atoms with E-state index in [1.54, 1.807) is 19.9 Å². The third-order valence-corrected chi connectivity index (χ3v) is 2.87. The Balaban J connectivity index is 2.87. The van der Waals surface area contributed by atoms with Crippen molar-refractivity contribution in [2.75, 3.05) is 13.7 Å². The van der Waals surface area contributed by atoms with Crippen LogP contribution in [0.2, 0.25) is 5.02 Å². The smallest absolute Gasteiger partial charge is 0.312 e. The molecule has 18 heavy (non-hydrogen) atoms. The lowest BCUT2D eigenvalue weighted by Gasteiger charge is -2.21. The van der Waals surface area contributed by atoms with Gasteiger partial charge in [0, 0.05) is 12.1 Å². The number of halogens is 1. The van der Waals surface area contributed by atoms with Gasteiger partial charge in [-0.1, -0.05) is 23.7 Å². The molecule has 0 aliphatic carbocycles. The van der Waals surface area contributed by atoms with Gasteiger partial charge in [0.25, 0.3) is 0 Å². The average molecular weight is 272 g/mol. The fourth-order valence-electron chi connectivity index (χ4n) is 1.36. The molecule has 2 N–H and O–H groups in total. The third kappa shape index (κ3) is 3.62. The Hall–Kier alpha value is -1.26. The second-order valence-electron chi connectivity index (χ2n) is 4.74. The predicted octanol–water partition coefficient (Wildman–Crippen LogP) is 2.55. The van der Waals surface area contributed by atoms with Crippen LogP contribution in [0.1, 0.15) is 19.4 Å². The second-order valence-corrected chi connectivity index (χ2v) is 5.14. The summed E-state index contributed by atoms with van der Waals surface area (Å²) in [6.07, 6.45) is 0. The minimum atomic E-state index is -0.948. The molecule has 0 saturated carbocycles. The summed E-state index contributed by atoms with van der Waals surface area (Å²) in [6.45, 7) is 3.92. The fraction of sp³-hybridized carbons (Fsp3) is 0.462. The molecule has 0 aliphatic rings. The molecule has 0 aromatic heterocycles. The summed E-state index contributed by atoms with van der Waals surface area (Å²) in [4.78, 5) is 11.0. The summed E-state index contributed by atoms with van der Waals surface area (Å²) < 4.78 is 5.59. The molecule has 0 unspecified atom stereocenters. The van der Waals surface area contributed by atoms with E-state index in [4.69, 9.17) is 21.4 Å². The first-order valence-electron chi connectivity index (χ1n) is 5.66. The molecular formula is C13H18ClNO3. The number of rotatable bonds is 6. The third-order valence-electron chi connectivity index (χ3n) is 2.57. The molecule has 0 saturated heterocycles. The molecule has 0 fully saturated rings. The van der Waals surface area contributed by atoms with Crippen LogP contribution in [-0.2, 0) is 11.3 Å². The van der Waals surface area contributed by atoms with Crippen molar-refractivity contribution in [1.29, 1.82) is 0 Å². The Morgan fingerprint density at radius 2 is 2.17 bits per heavy atom. The monoisotopic (exact) mass is 271 g/mol. The van der Waals surface area contributed by atoms with Crippen molar-refractivity contribution in [1.82, 2.24) is 5.32 Å². The first-order chi connectivity index (χ1) is 8.38. The molecule has 1 aromatic rings. The van der Waals surface area contributed by atoms with Gasteiger partial charge in [0.05, 0.1) is 10.4 Å². The largest absolute Gasteiger partial charge is 0.491 e. The number of carbonyl (C=O) groups is 1. The van der Waals surface area contributed by atoms with Crippen LogP contribution in [0, 0.1) is 5.41 Å². The van der Waals surface area contributed by atoms with Gasteiger partial charge in [-0.05, 0) is 27.0 Å². The summed E-state index contributed by atoms with van der Waals surface area (Å²) in [5.74, 6) is -0.354. The van der Waals surface area contributed by atoms with Crippen LogP contribution in [0.4, 0.5) is 0 Å². The van der Waals surface area contributed by atoms with E-state index >= 15 is 0 Å². The normalized spacial score (nSPS) is 11.3. The van der Waals surface area contributed by atoms with Crippen LogP contribution in [-0.4, -0.2) is 24.7 Å². The molecule has 0 bridgehead atoms. The van der Waals surface area contributed by atoms with E-state index in [-0.39, 0.29) is 6.61 Å². The summed E-state index contributed by atoms with van der Waals surface area (Å²) in [5.41, 5.74) is -0.0398. The van der Waals surface area contributed by atoms with E-state index in [9.17, 15) is 4.79 Å². The predicted molar refractivity (Wildman–Crippen MR) is 71.1 cm³/mol. The lowest BCUT2D eigenvalue weighted by atomic mass is 9.95. The maximum Gasteiger partial charge on any atom is 0.312 e. The van der Waals surface area contributed by atoms with Crippen LogP contribution >= 0.6 is 11.6 Å². The number of hydrogen-bond donors (Lipinski definition) is 2. The van der Waals surface area contributed by atoms with E-state index in [1.807, 2.05) is 19.2 Å². The highest BCUT2D eigenvalue weighted by molar-refractivity contribution is 6.32. The number of ether oxygens (including phenoxy) is 1. The number of para-hydroxylation sites is 1. The van der Waals surface area contributed by atoms with Gasteiger partial charge in [0.15, 0.2) is 0 Å². The van der Waals surface area contributed by atoms with Gasteiger partial charge in [-0.25, -0.2) is 0 Å². The maximum absolute atomic E-state index is 11.0. The van der Waals surface area contributed by atoms with Crippen molar-refractivity contribution in [2.24, 2.45) is 5.41 Å². The molecule has 5 heteroatoms. The van der Waals surface area contributed by atoms with Gasteiger partial charge in [-0.15, -0.1) is 0 Å². The van der Waals surface area contributed by atoms with Gasteiger partial charge < -0.3 is 15.2 Å². The van der Waals surface area contributed by atoms with E-state index in [0.29, 0.717) is 17.3 Å². The highest BCUT2D eigenvalue weighted by atomic mass is 35.5. The Labute approximate surface area is 112 Å². The standard InChI is InChI=1S/C13H18ClNO3/c1-13(2,12(16)17)8-18-11-9(7-15-3)5-4-6-10(11)14/h4-6,15H,7-8H2,1-3H3,(H,16,17). The summed E-state index contributed by atoms with van der Waals surface area (Å²) >= 11 is 6.07. The number of nitrogens with one attached hydrogen (secondary N) is 1. The minimum Gasteiger partial charge on any atom is -0.491 e. The zero-order chi connectivity index (χ0) is 13.8. The van der Waals surface area contributed by atoms with Gasteiger partial charge in [-0.3, -0.25) is 4.79 Å². The number of hydrogen-bond acceptors (Lipinski definition) is 3. The maximum atomic E-state index is 11.0. The topological polar surface area (TPSA) is 58.6 Å². The minimum absolute atomic E-state index is 0.0722. The van der Waals surface area contributed by atoms with Gasteiger partial charge in [-0.2, -0.15) is 0 Å². The first-order valence-corrected chi connectivity index (χ1v) is 6.04. The van der Waals surface area contributed by atoms with Gasteiger partial charge >= 0.3 is 5.97 Å². The van der Waals surface area contributed by atoms with Crippen LogP contribution in [0.15, 0.2) is 18.2 Å². The van der Waals surface area contributed by atoms with Crippen LogP contribution in [0.3, 0.4) is 0 Å². The van der Waals surface area contributed by atoms with Crippen molar-refractivity contribution in [3.63, 3.8) is 0 Å². The zero-order valence-electron chi connectivity index (χ0n) is 10.8. The van der Waals surface area contributed by atoms with Crippen molar-refractivity contribution >= 4 is 17.6 Å². The molecule has 0 heterocycles. The molecule has 0 spiro atoms. The molecular weight excluding hydrogens is 254 g/mol. The molecule has 0 amide bonds. The van der Waals surface area contributed by atoms with E-state index in [2.05, 4.69) is 5.32 Å². The van der Waals surface area contributed by atoms with Crippen molar-refractivity contribution in [2.45, 2.75) is 20.4 Å². The molecule has 0 radical (unpaired) electrons. The van der Waals surface area contributed by atoms with Crippen molar-refractivity contribution in [3.8, 4) is 5.75 Å². The van der Waals surface area contributed by atoms with E-state index in [0.717, 1.165) is 5.56 Å². The van der Waals surface area contributed by atoms with Crippen LogP contribution in [0.25, 0.3) is 0 Å². The Bertz CT molecular complexity index is 432. The fourth-order valence-corrected chi connectivity index (χ4v) is 1.61. The molecule has 1 aromatic carbocycles. The molecule has 4 nitrogen and oxygen atoms in total. The number of carboxylic acids is 1. The lowest BCUT2D eigenvalue weighted by molar-refractivity contribution is -0.148. The quantitative estimate of drug-likeness (QED) is 0.835. The molecule has 1 rings (SSSR count). The molecule has 100 valence electrons. The molecule has 0 aliphatic heterocycles. The number of aliphatic carboxylic acids is 1. The van der Waals surface area contributed by atoms with Crippen molar-refractivity contribution < 1.29 is 14.6 Å². The van der Waals surface area contributed by atoms with Crippen LogP contribution in [0.5, 0.6) is 5.75 Å². The Kier molecular flexibility index (Phi) is 4.99. The highest BCUT2D eigenvalue weighted by Gasteiger charge is 2.28. The lowest BCUT2D eigenvalue weighted by Crippen LogP contribution is -2.31. The van der Waals surface area contributed by atoms with E-state index in [1.165, 1.54) is 0 Å². The average Bonchev–Trinajstić information content (AvgIpc) is 2.28. The Morgan fingerprint density at radius 3 is 2.72 bits per heavy atom. The van der Waals surface area contributed by atoms with Crippen molar-refractivity contribution in [3.05, 3.63) is 28.8 Å². The number of benzene rings is 1. The highest BCUT2D eigenvalue weighted by Crippen LogP contribution is 2.30. The summed E-state index contributed by atoms with van der Waals surface area (Å²) in [7, 11) is 1.83. The van der Waals surface area contributed by atoms with Crippen LogP contribution < -0.4 is 10.1 Å².